The van der Waals surface area contributed by atoms with E-state index >= 15 is 0 Å². The molecule has 0 bridgehead atoms. The maximum atomic E-state index is 12.6. The van der Waals surface area contributed by atoms with Crippen LogP contribution in [-0.2, 0) is 4.74 Å². The molecule has 11 nitrogen and oxygen atoms in total. The Morgan fingerprint density at radius 2 is 2.00 bits per heavy atom. The molecule has 2 fully saturated rings. The molecule has 0 saturated carbocycles. The zero-order chi connectivity index (χ0) is 25.0. The summed E-state index contributed by atoms with van der Waals surface area (Å²) >= 11 is 2.35. The first kappa shape index (κ1) is 26.5. The second-order valence-corrected chi connectivity index (χ2v) is 11.2. The summed E-state index contributed by atoms with van der Waals surface area (Å²) < 4.78 is 11.8. The summed E-state index contributed by atoms with van der Waals surface area (Å²) in [7, 11) is 2.09. The van der Waals surface area contributed by atoms with Crippen molar-refractivity contribution >= 4 is 40.3 Å². The molecule has 0 unspecified atom stereocenters. The van der Waals surface area contributed by atoms with E-state index in [0.717, 1.165) is 25.8 Å². The van der Waals surface area contributed by atoms with E-state index in [9.17, 15) is 10.0 Å². The van der Waals surface area contributed by atoms with Gasteiger partial charge in [-0.05, 0) is 60.5 Å². The second-order valence-electron chi connectivity index (χ2n) is 9.78. The number of rotatable bonds is 5. The molecule has 0 aromatic carbocycles. The van der Waals surface area contributed by atoms with Gasteiger partial charge in [0.2, 0.25) is 0 Å². The van der Waals surface area contributed by atoms with Crippen LogP contribution < -0.4 is 15.4 Å². The monoisotopic (exact) mass is 589 g/mol. The number of oxime groups is 1. The molecule has 3 N–H and O–H groups in total. The van der Waals surface area contributed by atoms with Gasteiger partial charge in [0.05, 0.1) is 4.05 Å². The highest BCUT2D eigenvalue weighted by Crippen LogP contribution is 2.27. The molecule has 1 amide bonds. The number of likely N-dealkylation sites (tertiary alicyclic amines) is 1. The van der Waals surface area contributed by atoms with E-state index < -0.39 is 5.60 Å². The van der Waals surface area contributed by atoms with E-state index in [1.165, 1.54) is 0 Å². The van der Waals surface area contributed by atoms with Gasteiger partial charge in [-0.15, -0.1) is 0 Å². The topological polar surface area (TPSA) is 130 Å². The van der Waals surface area contributed by atoms with Gasteiger partial charge in [-0.1, -0.05) is 27.7 Å². The van der Waals surface area contributed by atoms with E-state index in [2.05, 4.69) is 54.6 Å². The van der Waals surface area contributed by atoms with Crippen molar-refractivity contribution in [3.05, 3.63) is 11.8 Å². The van der Waals surface area contributed by atoms with Crippen molar-refractivity contribution in [3.8, 4) is 6.01 Å². The number of alkyl halides is 1. The zero-order valence-corrected chi connectivity index (χ0v) is 22.7. The third-order valence-electron chi connectivity index (χ3n) is 6.00. The Bertz CT molecular complexity index is 894. The number of carbonyl (C=O) groups is 1. The minimum absolute atomic E-state index is 0.0614. The third-order valence-corrected chi connectivity index (χ3v) is 7.30. The summed E-state index contributed by atoms with van der Waals surface area (Å²) in [5.74, 6) is 0.485. The fourth-order valence-corrected chi connectivity index (χ4v) is 5.08. The van der Waals surface area contributed by atoms with Gasteiger partial charge >= 0.3 is 12.1 Å². The van der Waals surface area contributed by atoms with Crippen LogP contribution in [0, 0.1) is 0 Å². The summed E-state index contributed by atoms with van der Waals surface area (Å²) in [6.45, 7) is 10.2. The molecule has 34 heavy (non-hydrogen) atoms. The number of ether oxygens (including phenoxy) is 2. The van der Waals surface area contributed by atoms with Crippen LogP contribution in [0.25, 0.3) is 0 Å². The van der Waals surface area contributed by atoms with Crippen molar-refractivity contribution in [2.45, 2.75) is 68.8 Å². The first-order valence-electron chi connectivity index (χ1n) is 11.6. The Kier molecular flexibility index (Phi) is 8.66. The maximum Gasteiger partial charge on any atom is 0.410 e. The highest BCUT2D eigenvalue weighted by atomic mass is 127. The van der Waals surface area contributed by atoms with E-state index in [0.29, 0.717) is 25.5 Å². The standard InChI is InChI=1S/C22H36IN7O4/c1-14(16-7-6-9-28(16)5)33-20-25-15(19(24)27-32)13-18(26-20)30-12-11-29(10-8-17(30)23)21(31)34-22(2,3)4/h13-14,16-17,32H,6-12H2,1-5H3,(H2,24,27)/t14-,16-,17+/m0/s1. The smallest absolute Gasteiger partial charge is 0.410 e. The number of amidine groups is 1. The van der Waals surface area contributed by atoms with E-state index in [-0.39, 0.29) is 39.8 Å². The van der Waals surface area contributed by atoms with E-state index in [4.69, 9.17) is 15.2 Å². The Labute approximate surface area is 214 Å². The molecule has 0 spiro atoms. The highest BCUT2D eigenvalue weighted by molar-refractivity contribution is 14.1. The number of hydrogen-bond acceptors (Lipinski definition) is 9. The fourth-order valence-electron chi connectivity index (χ4n) is 4.23. The fraction of sp³-hybridized carbons (Fsp3) is 0.727. The molecule has 1 aromatic heterocycles. The van der Waals surface area contributed by atoms with Gasteiger partial charge in [0.15, 0.2) is 5.84 Å². The van der Waals surface area contributed by atoms with Crippen molar-refractivity contribution in [2.24, 2.45) is 10.9 Å². The van der Waals surface area contributed by atoms with Crippen LogP contribution in [0.2, 0.25) is 0 Å². The zero-order valence-electron chi connectivity index (χ0n) is 20.6. The molecule has 2 aliphatic rings. The van der Waals surface area contributed by atoms with Crippen molar-refractivity contribution in [3.63, 3.8) is 0 Å². The molecule has 0 radical (unpaired) electrons. The lowest BCUT2D eigenvalue weighted by molar-refractivity contribution is 0.0263. The summed E-state index contributed by atoms with van der Waals surface area (Å²) in [5.41, 5.74) is 5.61. The van der Waals surface area contributed by atoms with Crippen LogP contribution in [0.15, 0.2) is 11.2 Å². The van der Waals surface area contributed by atoms with Crippen molar-refractivity contribution in [2.75, 3.05) is 38.1 Å². The summed E-state index contributed by atoms with van der Waals surface area (Å²) in [6.07, 6.45) is 2.46. The van der Waals surface area contributed by atoms with Gasteiger partial charge in [0.25, 0.3) is 0 Å². The average molecular weight is 589 g/mol. The molecule has 0 aliphatic carbocycles. The quantitative estimate of drug-likeness (QED) is 0.101. The number of amides is 1. The van der Waals surface area contributed by atoms with Gasteiger partial charge in [-0.2, -0.15) is 9.97 Å². The highest BCUT2D eigenvalue weighted by Gasteiger charge is 2.31. The average Bonchev–Trinajstić information content (AvgIpc) is 3.09. The van der Waals surface area contributed by atoms with Gasteiger partial charge in [-0.3, -0.25) is 4.90 Å². The minimum atomic E-state index is -0.550. The van der Waals surface area contributed by atoms with Crippen LogP contribution in [0.5, 0.6) is 6.01 Å². The number of hydrogen-bond donors (Lipinski definition) is 2. The van der Waals surface area contributed by atoms with Crippen molar-refractivity contribution < 1.29 is 19.5 Å². The van der Waals surface area contributed by atoms with Gasteiger partial charge in [0.1, 0.15) is 23.2 Å². The first-order chi connectivity index (χ1) is 16.0. The lowest BCUT2D eigenvalue weighted by Gasteiger charge is -2.29. The third kappa shape index (κ3) is 6.74. The van der Waals surface area contributed by atoms with Crippen LogP contribution >= 0.6 is 22.6 Å². The number of anilines is 1. The number of likely N-dealkylation sites (N-methyl/N-ethyl adjacent to an activating group) is 1. The van der Waals surface area contributed by atoms with Crippen LogP contribution in [0.1, 0.15) is 52.7 Å². The van der Waals surface area contributed by atoms with Gasteiger partial charge < -0.3 is 30.2 Å². The number of nitrogens with two attached hydrogens (primary N) is 1. The van der Waals surface area contributed by atoms with Crippen LogP contribution in [0.3, 0.4) is 0 Å². The maximum absolute atomic E-state index is 12.6. The molecule has 3 rings (SSSR count). The van der Waals surface area contributed by atoms with E-state index in [1.54, 1.807) is 11.0 Å². The van der Waals surface area contributed by atoms with E-state index in [1.807, 2.05) is 27.7 Å². The lowest BCUT2D eigenvalue weighted by Crippen LogP contribution is -2.40. The number of nitrogens with zero attached hydrogens (tertiary/aromatic N) is 6. The summed E-state index contributed by atoms with van der Waals surface area (Å²) in [5, 5.41) is 12.3. The molecule has 190 valence electrons. The van der Waals surface area contributed by atoms with Crippen LogP contribution in [-0.4, -0.2) is 91.9 Å². The van der Waals surface area contributed by atoms with Gasteiger partial charge in [-0.25, -0.2) is 4.79 Å². The minimum Gasteiger partial charge on any atom is -0.459 e. The first-order valence-corrected chi connectivity index (χ1v) is 12.9. The van der Waals surface area contributed by atoms with Crippen molar-refractivity contribution in [1.29, 1.82) is 0 Å². The number of carbonyl (C=O) groups excluding carboxylic acids is 1. The predicted octanol–water partition coefficient (Wildman–Crippen LogP) is 2.64. The SMILES string of the molecule is C[C@H](Oc1nc(/C(N)=N/O)cc(N2CCN(C(=O)OC(C)(C)C)CC[C@@H]2I)n1)[C@@H]1CCCN1C. The Morgan fingerprint density at radius 1 is 1.26 bits per heavy atom. The molecule has 12 heteroatoms. The number of aromatic nitrogens is 2. The lowest BCUT2D eigenvalue weighted by atomic mass is 10.1. The van der Waals surface area contributed by atoms with Gasteiger partial charge in [0, 0.05) is 31.7 Å². The Morgan fingerprint density at radius 3 is 2.62 bits per heavy atom. The molecule has 3 heterocycles. The molecular formula is C22H36IN7O4. The Balaban J connectivity index is 1.82. The molecule has 2 aliphatic heterocycles. The molecule has 1 aromatic rings. The Hall–Kier alpha value is -2.09. The number of halogens is 1. The second kappa shape index (κ2) is 11.1. The van der Waals surface area contributed by atoms with Crippen molar-refractivity contribution in [1.82, 2.24) is 19.8 Å². The van der Waals surface area contributed by atoms with Crippen LogP contribution in [0.4, 0.5) is 10.6 Å². The summed E-state index contributed by atoms with van der Waals surface area (Å²) in [4.78, 5) is 27.7. The molecule has 2 saturated heterocycles. The normalized spacial score (nSPS) is 23.5. The molecular weight excluding hydrogens is 553 g/mol. The predicted molar refractivity (Wildman–Crippen MR) is 138 cm³/mol. The largest absolute Gasteiger partial charge is 0.459 e. The summed E-state index contributed by atoms with van der Waals surface area (Å²) in [6, 6.07) is 2.14. The molecule has 3 atom stereocenters.